The Kier molecular flexibility index (Phi) is 4.73. The van der Waals surface area contributed by atoms with Crippen molar-refractivity contribution >= 4 is 15.9 Å². The quantitative estimate of drug-likeness (QED) is 0.885. The van der Waals surface area contributed by atoms with Crippen LogP contribution in [0, 0.1) is 0 Å². The molecule has 1 N–H and O–H groups in total. The van der Waals surface area contributed by atoms with Gasteiger partial charge < -0.3 is 10.1 Å². The predicted octanol–water partition coefficient (Wildman–Crippen LogP) is 4.41. The predicted molar refractivity (Wildman–Crippen MR) is 89.4 cm³/mol. The molecule has 2 unspecified atom stereocenters. The van der Waals surface area contributed by atoms with Gasteiger partial charge in [-0.25, -0.2) is 0 Å². The van der Waals surface area contributed by atoms with Crippen molar-refractivity contribution in [3.05, 3.63) is 69.7 Å². The maximum absolute atomic E-state index is 5.94. The van der Waals surface area contributed by atoms with Gasteiger partial charge in [0.05, 0.1) is 12.7 Å². The second-order valence-electron chi connectivity index (χ2n) is 5.49. The SMILES string of the molecule is CC(NCC1OCCc2ccccc21)c1ccc(Br)cc1. The summed E-state index contributed by atoms with van der Waals surface area (Å²) in [5, 5.41) is 3.59. The van der Waals surface area contributed by atoms with E-state index in [1.54, 1.807) is 0 Å². The Balaban J connectivity index is 1.64. The minimum atomic E-state index is 0.160. The highest BCUT2D eigenvalue weighted by Crippen LogP contribution is 2.27. The summed E-state index contributed by atoms with van der Waals surface area (Å²) in [6, 6.07) is 17.4. The molecule has 2 aromatic carbocycles. The first-order valence-corrected chi connectivity index (χ1v) is 8.21. The van der Waals surface area contributed by atoms with E-state index in [-0.39, 0.29) is 6.10 Å². The number of hydrogen-bond donors (Lipinski definition) is 1. The molecule has 1 aliphatic heterocycles. The third kappa shape index (κ3) is 3.54. The number of benzene rings is 2. The largest absolute Gasteiger partial charge is 0.372 e. The van der Waals surface area contributed by atoms with E-state index in [2.05, 4.69) is 76.7 Å². The van der Waals surface area contributed by atoms with Crippen molar-refractivity contribution in [1.29, 1.82) is 0 Å². The van der Waals surface area contributed by atoms with Gasteiger partial charge in [0.1, 0.15) is 0 Å². The molecule has 3 heteroatoms. The maximum atomic E-state index is 5.94. The Morgan fingerprint density at radius 1 is 1.19 bits per heavy atom. The zero-order chi connectivity index (χ0) is 14.7. The summed E-state index contributed by atoms with van der Waals surface area (Å²) in [6.45, 7) is 3.85. The van der Waals surface area contributed by atoms with Gasteiger partial charge in [-0.15, -0.1) is 0 Å². The first-order valence-electron chi connectivity index (χ1n) is 7.42. The number of ether oxygens (including phenoxy) is 1. The van der Waals surface area contributed by atoms with Crippen LogP contribution in [0.1, 0.15) is 35.8 Å². The zero-order valence-electron chi connectivity index (χ0n) is 12.2. The Morgan fingerprint density at radius 2 is 1.95 bits per heavy atom. The van der Waals surface area contributed by atoms with Crippen molar-refractivity contribution in [3.63, 3.8) is 0 Å². The summed E-state index contributed by atoms with van der Waals surface area (Å²) < 4.78 is 7.05. The van der Waals surface area contributed by atoms with Crippen LogP contribution in [0.4, 0.5) is 0 Å². The molecule has 0 aromatic heterocycles. The smallest absolute Gasteiger partial charge is 0.0952 e. The summed E-state index contributed by atoms with van der Waals surface area (Å²) in [5.41, 5.74) is 4.05. The molecule has 0 spiro atoms. The van der Waals surface area contributed by atoms with Crippen LogP contribution in [0.2, 0.25) is 0 Å². The summed E-state index contributed by atoms with van der Waals surface area (Å²) in [7, 11) is 0. The van der Waals surface area contributed by atoms with E-state index in [0.29, 0.717) is 6.04 Å². The molecular weight excluding hydrogens is 326 g/mol. The fourth-order valence-corrected chi connectivity index (χ4v) is 3.06. The fourth-order valence-electron chi connectivity index (χ4n) is 2.80. The van der Waals surface area contributed by atoms with E-state index in [0.717, 1.165) is 24.0 Å². The molecular formula is C18H20BrNO. The molecule has 0 saturated carbocycles. The van der Waals surface area contributed by atoms with Crippen LogP contribution in [-0.2, 0) is 11.2 Å². The van der Waals surface area contributed by atoms with E-state index in [1.165, 1.54) is 16.7 Å². The Hall–Kier alpha value is -1.16. The molecule has 0 amide bonds. The number of hydrogen-bond acceptors (Lipinski definition) is 2. The normalized spacial score (nSPS) is 19.0. The molecule has 0 bridgehead atoms. The van der Waals surface area contributed by atoms with Crippen LogP contribution in [0.5, 0.6) is 0 Å². The van der Waals surface area contributed by atoms with Crippen LogP contribution in [-0.4, -0.2) is 13.2 Å². The summed E-state index contributed by atoms with van der Waals surface area (Å²) >= 11 is 3.47. The van der Waals surface area contributed by atoms with Crippen molar-refractivity contribution in [3.8, 4) is 0 Å². The van der Waals surface area contributed by atoms with Crippen molar-refractivity contribution in [2.75, 3.05) is 13.2 Å². The molecule has 2 atom stereocenters. The van der Waals surface area contributed by atoms with Gasteiger partial charge in [0.15, 0.2) is 0 Å². The van der Waals surface area contributed by atoms with Crippen LogP contribution < -0.4 is 5.32 Å². The topological polar surface area (TPSA) is 21.3 Å². The maximum Gasteiger partial charge on any atom is 0.0952 e. The molecule has 2 nitrogen and oxygen atoms in total. The van der Waals surface area contributed by atoms with Gasteiger partial charge in [-0.3, -0.25) is 0 Å². The van der Waals surface area contributed by atoms with Gasteiger partial charge in [-0.2, -0.15) is 0 Å². The number of nitrogens with one attached hydrogen (secondary N) is 1. The third-order valence-corrected chi connectivity index (χ3v) is 4.60. The molecule has 0 aliphatic carbocycles. The van der Waals surface area contributed by atoms with E-state index in [1.807, 2.05) is 0 Å². The second-order valence-corrected chi connectivity index (χ2v) is 6.41. The lowest BCUT2D eigenvalue weighted by Crippen LogP contribution is -2.29. The zero-order valence-corrected chi connectivity index (χ0v) is 13.8. The molecule has 21 heavy (non-hydrogen) atoms. The number of fused-ring (bicyclic) bond motifs is 1. The highest BCUT2D eigenvalue weighted by Gasteiger charge is 2.20. The van der Waals surface area contributed by atoms with Crippen molar-refractivity contribution in [1.82, 2.24) is 5.32 Å². The van der Waals surface area contributed by atoms with Crippen LogP contribution in [0.3, 0.4) is 0 Å². The lowest BCUT2D eigenvalue weighted by Gasteiger charge is -2.27. The van der Waals surface area contributed by atoms with Gasteiger partial charge in [0.25, 0.3) is 0 Å². The average molecular weight is 346 g/mol. The minimum absolute atomic E-state index is 0.160. The van der Waals surface area contributed by atoms with Crippen LogP contribution in [0.15, 0.2) is 53.0 Å². The minimum Gasteiger partial charge on any atom is -0.372 e. The number of halogens is 1. The molecule has 2 aromatic rings. The van der Waals surface area contributed by atoms with Crippen molar-refractivity contribution < 1.29 is 4.74 Å². The average Bonchev–Trinajstić information content (AvgIpc) is 2.53. The van der Waals surface area contributed by atoms with Crippen LogP contribution >= 0.6 is 15.9 Å². The van der Waals surface area contributed by atoms with Crippen molar-refractivity contribution in [2.24, 2.45) is 0 Å². The molecule has 1 aliphatic rings. The molecule has 3 rings (SSSR count). The Bertz CT molecular complexity index is 596. The lowest BCUT2D eigenvalue weighted by molar-refractivity contribution is 0.0410. The second kappa shape index (κ2) is 6.73. The first kappa shape index (κ1) is 14.8. The van der Waals surface area contributed by atoms with E-state index in [4.69, 9.17) is 4.74 Å². The molecule has 1 heterocycles. The van der Waals surface area contributed by atoms with Gasteiger partial charge in [-0.05, 0) is 42.2 Å². The fraction of sp³-hybridized carbons (Fsp3) is 0.333. The van der Waals surface area contributed by atoms with Crippen LogP contribution in [0.25, 0.3) is 0 Å². The molecule has 110 valence electrons. The summed E-state index contributed by atoms with van der Waals surface area (Å²) in [4.78, 5) is 0. The Morgan fingerprint density at radius 3 is 2.76 bits per heavy atom. The molecule has 0 radical (unpaired) electrons. The number of rotatable bonds is 4. The standard InChI is InChI=1S/C18H20BrNO/c1-13(14-6-8-16(19)9-7-14)20-12-18-17-5-3-2-4-15(17)10-11-21-18/h2-9,13,18,20H,10-12H2,1H3. The van der Waals surface area contributed by atoms with Gasteiger partial charge in [-0.1, -0.05) is 52.3 Å². The van der Waals surface area contributed by atoms with Gasteiger partial charge in [0.2, 0.25) is 0 Å². The third-order valence-electron chi connectivity index (χ3n) is 4.07. The van der Waals surface area contributed by atoms with E-state index >= 15 is 0 Å². The lowest BCUT2D eigenvalue weighted by atomic mass is 9.97. The summed E-state index contributed by atoms with van der Waals surface area (Å²) in [6.07, 6.45) is 1.18. The van der Waals surface area contributed by atoms with E-state index in [9.17, 15) is 0 Å². The highest BCUT2D eigenvalue weighted by molar-refractivity contribution is 9.10. The summed E-state index contributed by atoms with van der Waals surface area (Å²) in [5.74, 6) is 0. The Labute approximate surface area is 134 Å². The van der Waals surface area contributed by atoms with Gasteiger partial charge >= 0.3 is 0 Å². The molecule has 0 saturated heterocycles. The van der Waals surface area contributed by atoms with E-state index < -0.39 is 0 Å². The monoisotopic (exact) mass is 345 g/mol. The first-order chi connectivity index (χ1) is 10.2. The van der Waals surface area contributed by atoms with Gasteiger partial charge in [0, 0.05) is 17.1 Å². The van der Waals surface area contributed by atoms with Crippen molar-refractivity contribution in [2.45, 2.75) is 25.5 Å². The molecule has 0 fully saturated rings. The highest BCUT2D eigenvalue weighted by atomic mass is 79.9.